The molecule has 1 fully saturated rings. The third-order valence-corrected chi connectivity index (χ3v) is 6.01. The zero-order chi connectivity index (χ0) is 26.5. The van der Waals surface area contributed by atoms with Gasteiger partial charge in [-0.15, -0.1) is 0 Å². The molecular formula is C29H28O8. The van der Waals surface area contributed by atoms with Crippen molar-refractivity contribution in [2.75, 3.05) is 6.61 Å². The van der Waals surface area contributed by atoms with E-state index in [0.717, 1.165) is 16.7 Å². The number of aliphatic hydroxyl groups is 1. The van der Waals surface area contributed by atoms with Crippen molar-refractivity contribution in [3.05, 3.63) is 106 Å². The molecule has 0 spiro atoms. The zero-order valence-corrected chi connectivity index (χ0v) is 20.7. The Kier molecular flexibility index (Phi) is 8.01. The average molecular weight is 505 g/mol. The predicted octanol–water partition coefficient (Wildman–Crippen LogP) is 3.94. The van der Waals surface area contributed by atoms with Crippen LogP contribution in [0.4, 0.5) is 0 Å². The quantitative estimate of drug-likeness (QED) is 0.381. The van der Waals surface area contributed by atoms with Crippen LogP contribution in [0.2, 0.25) is 0 Å². The topological polar surface area (TPSA) is 108 Å². The molecule has 1 N–H and O–H groups in total. The largest absolute Gasteiger partial charge is 0.459 e. The number of benzene rings is 3. The van der Waals surface area contributed by atoms with Crippen LogP contribution >= 0.6 is 0 Å². The Bertz CT molecular complexity index is 1250. The molecule has 1 saturated heterocycles. The van der Waals surface area contributed by atoms with Crippen molar-refractivity contribution in [3.63, 3.8) is 0 Å². The average Bonchev–Trinajstić information content (AvgIpc) is 3.17. The number of ether oxygens (including phenoxy) is 4. The Balaban J connectivity index is 1.52. The third-order valence-electron chi connectivity index (χ3n) is 6.01. The number of hydrogen-bond acceptors (Lipinski definition) is 8. The molecule has 0 bridgehead atoms. The second kappa shape index (κ2) is 11.4. The van der Waals surface area contributed by atoms with E-state index in [0.29, 0.717) is 5.56 Å². The van der Waals surface area contributed by atoms with Crippen molar-refractivity contribution in [3.8, 4) is 0 Å². The molecule has 1 aliphatic rings. The minimum absolute atomic E-state index is 0.260. The zero-order valence-electron chi connectivity index (χ0n) is 20.7. The van der Waals surface area contributed by atoms with Gasteiger partial charge in [0.2, 0.25) is 0 Å². The van der Waals surface area contributed by atoms with E-state index in [1.54, 1.807) is 72.8 Å². The van der Waals surface area contributed by atoms with Crippen LogP contribution in [0.15, 0.2) is 72.8 Å². The van der Waals surface area contributed by atoms with Crippen molar-refractivity contribution in [1.29, 1.82) is 0 Å². The lowest BCUT2D eigenvalue weighted by atomic mass is 10.1. The number of rotatable bonds is 7. The summed E-state index contributed by atoms with van der Waals surface area (Å²) in [6, 6.07) is 20.2. The minimum Gasteiger partial charge on any atom is -0.459 e. The number of hydrogen-bond donors (Lipinski definition) is 1. The standard InChI is InChI=1S/C29H28O8/c1-17-4-10-20(11-5-17)26(30)34-16-23-24(36-27(31)21-12-6-18(2)7-13-21)25(29(33)35-23)37-28(32)22-14-8-19(3)9-15-22/h4-15,23-25,29,33H,16H2,1-3H3/t23-,24-,25+,29?/m0/s1. The fourth-order valence-electron chi connectivity index (χ4n) is 3.80. The van der Waals surface area contributed by atoms with Crippen LogP contribution in [0.1, 0.15) is 47.8 Å². The lowest BCUT2D eigenvalue weighted by Gasteiger charge is -2.23. The second-order valence-electron chi connectivity index (χ2n) is 9.00. The summed E-state index contributed by atoms with van der Waals surface area (Å²) in [7, 11) is 0. The fraction of sp³-hybridized carbons (Fsp3) is 0.276. The smallest absolute Gasteiger partial charge is 0.338 e. The Morgan fingerprint density at radius 3 is 1.46 bits per heavy atom. The van der Waals surface area contributed by atoms with Gasteiger partial charge in [0, 0.05) is 0 Å². The molecule has 37 heavy (non-hydrogen) atoms. The van der Waals surface area contributed by atoms with Gasteiger partial charge in [-0.2, -0.15) is 0 Å². The molecule has 4 rings (SSSR count). The number of carbonyl (C=O) groups excluding carboxylic acids is 3. The van der Waals surface area contributed by atoms with Crippen LogP contribution in [-0.2, 0) is 18.9 Å². The maximum absolute atomic E-state index is 12.9. The van der Waals surface area contributed by atoms with E-state index >= 15 is 0 Å². The minimum atomic E-state index is -1.60. The van der Waals surface area contributed by atoms with Gasteiger partial charge in [0.05, 0.1) is 16.7 Å². The van der Waals surface area contributed by atoms with Crippen LogP contribution < -0.4 is 0 Å². The number of aryl methyl sites for hydroxylation is 3. The van der Waals surface area contributed by atoms with Crippen LogP contribution in [-0.4, -0.2) is 54.2 Å². The Morgan fingerprint density at radius 2 is 1.03 bits per heavy atom. The molecule has 0 amide bonds. The Labute approximate surface area is 214 Å². The van der Waals surface area contributed by atoms with E-state index < -0.39 is 42.5 Å². The van der Waals surface area contributed by atoms with Gasteiger partial charge in [-0.05, 0) is 57.2 Å². The molecule has 1 heterocycles. The normalized spacial score (nSPS) is 20.8. The highest BCUT2D eigenvalue weighted by atomic mass is 16.7. The molecule has 8 heteroatoms. The summed E-state index contributed by atoms with van der Waals surface area (Å²) in [5.41, 5.74) is 3.77. The van der Waals surface area contributed by atoms with E-state index in [1.165, 1.54) is 0 Å². The van der Waals surface area contributed by atoms with Crippen LogP contribution in [0.3, 0.4) is 0 Å². The number of aliphatic hydroxyl groups excluding tert-OH is 1. The molecule has 3 aromatic carbocycles. The fourth-order valence-corrected chi connectivity index (χ4v) is 3.80. The highest BCUT2D eigenvalue weighted by Gasteiger charge is 2.50. The maximum atomic E-state index is 12.9. The molecule has 8 nitrogen and oxygen atoms in total. The van der Waals surface area contributed by atoms with Crippen molar-refractivity contribution >= 4 is 17.9 Å². The van der Waals surface area contributed by atoms with Gasteiger partial charge in [-0.1, -0.05) is 53.1 Å². The van der Waals surface area contributed by atoms with Gasteiger partial charge in [-0.25, -0.2) is 14.4 Å². The molecule has 192 valence electrons. The van der Waals surface area contributed by atoms with Gasteiger partial charge in [-0.3, -0.25) is 0 Å². The molecule has 0 aliphatic carbocycles. The first-order valence-electron chi connectivity index (χ1n) is 11.8. The van der Waals surface area contributed by atoms with Gasteiger partial charge >= 0.3 is 17.9 Å². The summed E-state index contributed by atoms with van der Waals surface area (Å²) in [6.07, 6.45) is -5.25. The number of carbonyl (C=O) groups is 3. The van der Waals surface area contributed by atoms with Gasteiger partial charge in [0.25, 0.3) is 0 Å². The van der Waals surface area contributed by atoms with Gasteiger partial charge in [0.1, 0.15) is 12.7 Å². The van der Waals surface area contributed by atoms with Crippen molar-refractivity contribution in [2.45, 2.75) is 45.4 Å². The van der Waals surface area contributed by atoms with Crippen molar-refractivity contribution in [1.82, 2.24) is 0 Å². The van der Waals surface area contributed by atoms with E-state index in [-0.39, 0.29) is 17.7 Å². The van der Waals surface area contributed by atoms with E-state index in [2.05, 4.69) is 0 Å². The highest BCUT2D eigenvalue weighted by Crippen LogP contribution is 2.28. The summed E-state index contributed by atoms with van der Waals surface area (Å²) in [5, 5.41) is 10.6. The molecule has 1 unspecified atom stereocenters. The number of esters is 3. The molecular weight excluding hydrogens is 476 g/mol. The highest BCUT2D eigenvalue weighted by molar-refractivity contribution is 5.91. The van der Waals surface area contributed by atoms with Crippen LogP contribution in [0.5, 0.6) is 0 Å². The van der Waals surface area contributed by atoms with Crippen molar-refractivity contribution < 1.29 is 38.4 Å². The summed E-state index contributed by atoms with van der Waals surface area (Å²) >= 11 is 0. The molecule has 4 atom stereocenters. The molecule has 0 aromatic heterocycles. The predicted molar refractivity (Wildman–Crippen MR) is 133 cm³/mol. The first-order valence-corrected chi connectivity index (χ1v) is 11.8. The van der Waals surface area contributed by atoms with Crippen LogP contribution in [0.25, 0.3) is 0 Å². The lowest BCUT2D eigenvalue weighted by molar-refractivity contribution is -0.135. The van der Waals surface area contributed by atoms with E-state index in [4.69, 9.17) is 18.9 Å². The summed E-state index contributed by atoms with van der Waals surface area (Å²) in [5.74, 6) is -2.03. The molecule has 1 aliphatic heterocycles. The van der Waals surface area contributed by atoms with Crippen LogP contribution in [0, 0.1) is 20.8 Å². The van der Waals surface area contributed by atoms with Crippen molar-refractivity contribution in [2.24, 2.45) is 0 Å². The first kappa shape index (κ1) is 26.1. The van der Waals surface area contributed by atoms with Gasteiger partial charge < -0.3 is 24.1 Å². The summed E-state index contributed by atoms with van der Waals surface area (Å²) < 4.78 is 22.1. The lowest BCUT2D eigenvalue weighted by Crippen LogP contribution is -2.42. The second-order valence-corrected chi connectivity index (χ2v) is 9.00. The third kappa shape index (κ3) is 6.41. The maximum Gasteiger partial charge on any atom is 0.338 e. The van der Waals surface area contributed by atoms with E-state index in [9.17, 15) is 19.5 Å². The van der Waals surface area contributed by atoms with Gasteiger partial charge in [0.15, 0.2) is 18.5 Å². The Hall–Kier alpha value is -4.01. The first-order chi connectivity index (χ1) is 17.7. The monoisotopic (exact) mass is 504 g/mol. The Morgan fingerprint density at radius 1 is 0.649 bits per heavy atom. The molecule has 3 aromatic rings. The SMILES string of the molecule is Cc1ccc(C(=O)OC[C@@H]2OC(O)[C@H](OC(=O)c3ccc(C)cc3)[C@H]2OC(=O)c2ccc(C)cc2)cc1. The summed E-state index contributed by atoms with van der Waals surface area (Å²) in [6.45, 7) is 5.32. The molecule has 0 saturated carbocycles. The molecule has 0 radical (unpaired) electrons. The van der Waals surface area contributed by atoms with E-state index in [1.807, 2.05) is 20.8 Å². The summed E-state index contributed by atoms with van der Waals surface area (Å²) in [4.78, 5) is 38.2.